The van der Waals surface area contributed by atoms with E-state index in [0.717, 1.165) is 19.6 Å². The van der Waals surface area contributed by atoms with Gasteiger partial charge >= 0.3 is 0 Å². The lowest BCUT2D eigenvalue weighted by molar-refractivity contribution is -0.0883. The summed E-state index contributed by atoms with van der Waals surface area (Å²) >= 11 is 0. The Morgan fingerprint density at radius 3 is 2.52 bits per heavy atom. The first-order valence-electron chi connectivity index (χ1n) is 8.49. The Hall–Kier alpha value is -0.860. The molecule has 1 aromatic rings. The summed E-state index contributed by atoms with van der Waals surface area (Å²) < 4.78 is 6.21. The zero-order valence-electron chi connectivity index (χ0n) is 14.2. The summed E-state index contributed by atoms with van der Waals surface area (Å²) in [5.74, 6) is 0. The molecule has 0 spiro atoms. The van der Waals surface area contributed by atoms with E-state index in [-0.39, 0.29) is 5.60 Å². The summed E-state index contributed by atoms with van der Waals surface area (Å²) in [5.41, 5.74) is 4.26. The smallest absolute Gasteiger partial charge is 0.0810 e. The van der Waals surface area contributed by atoms with E-state index >= 15 is 0 Å². The van der Waals surface area contributed by atoms with Crippen LogP contribution in [0.1, 0.15) is 56.2 Å². The molecule has 1 N–H and O–H groups in total. The second-order valence-electron chi connectivity index (χ2n) is 6.70. The van der Waals surface area contributed by atoms with E-state index < -0.39 is 0 Å². The van der Waals surface area contributed by atoms with Gasteiger partial charge in [0.05, 0.1) is 5.60 Å². The molecule has 2 nitrogen and oxygen atoms in total. The molecule has 1 aliphatic rings. The molecular formula is C19H31NO. The van der Waals surface area contributed by atoms with Crippen LogP contribution in [0.4, 0.5) is 0 Å². The van der Waals surface area contributed by atoms with E-state index in [0.29, 0.717) is 6.04 Å². The van der Waals surface area contributed by atoms with E-state index in [1.807, 2.05) is 0 Å². The maximum absolute atomic E-state index is 6.21. The van der Waals surface area contributed by atoms with Crippen molar-refractivity contribution in [3.63, 3.8) is 0 Å². The van der Waals surface area contributed by atoms with Crippen molar-refractivity contribution >= 4 is 0 Å². The first-order chi connectivity index (χ1) is 10.1. The molecule has 1 aliphatic heterocycles. The first-order valence-corrected chi connectivity index (χ1v) is 8.49. The molecule has 21 heavy (non-hydrogen) atoms. The molecule has 0 amide bonds. The molecule has 0 bridgehead atoms. The molecule has 1 aromatic carbocycles. The zero-order chi connectivity index (χ0) is 15.3. The SMILES string of the molecule is CCCNC(Cc1c(C)cccc1C)C1(C)CCCCO1. The lowest BCUT2D eigenvalue weighted by Gasteiger charge is -2.41. The molecule has 2 heteroatoms. The van der Waals surface area contributed by atoms with Crippen LogP contribution in [0, 0.1) is 13.8 Å². The van der Waals surface area contributed by atoms with Crippen molar-refractivity contribution in [1.29, 1.82) is 0 Å². The van der Waals surface area contributed by atoms with Gasteiger partial charge < -0.3 is 10.1 Å². The highest BCUT2D eigenvalue weighted by Gasteiger charge is 2.36. The van der Waals surface area contributed by atoms with Gasteiger partial charge in [-0.15, -0.1) is 0 Å². The molecular weight excluding hydrogens is 258 g/mol. The quantitative estimate of drug-likeness (QED) is 0.848. The third-order valence-electron chi connectivity index (χ3n) is 4.93. The summed E-state index contributed by atoms with van der Waals surface area (Å²) in [5, 5.41) is 3.76. The summed E-state index contributed by atoms with van der Waals surface area (Å²) in [4.78, 5) is 0. The minimum absolute atomic E-state index is 0.0257. The van der Waals surface area contributed by atoms with Gasteiger partial charge in [0.2, 0.25) is 0 Å². The molecule has 0 saturated carbocycles. The highest BCUT2D eigenvalue weighted by Crippen LogP contribution is 2.30. The number of aryl methyl sites for hydroxylation is 2. The van der Waals surface area contributed by atoms with Crippen molar-refractivity contribution in [2.75, 3.05) is 13.2 Å². The van der Waals surface area contributed by atoms with Gasteiger partial charge in [-0.2, -0.15) is 0 Å². The normalized spacial score (nSPS) is 24.0. The van der Waals surface area contributed by atoms with Crippen molar-refractivity contribution in [2.24, 2.45) is 0 Å². The van der Waals surface area contributed by atoms with Crippen molar-refractivity contribution in [2.45, 2.75) is 71.4 Å². The largest absolute Gasteiger partial charge is 0.374 e. The van der Waals surface area contributed by atoms with E-state index in [9.17, 15) is 0 Å². The van der Waals surface area contributed by atoms with Crippen molar-refractivity contribution in [3.8, 4) is 0 Å². The van der Waals surface area contributed by atoms with Crippen molar-refractivity contribution < 1.29 is 4.74 Å². The number of benzene rings is 1. The van der Waals surface area contributed by atoms with Crippen molar-refractivity contribution in [3.05, 3.63) is 34.9 Å². The van der Waals surface area contributed by atoms with Crippen LogP contribution in [0.5, 0.6) is 0 Å². The molecule has 2 unspecified atom stereocenters. The zero-order valence-corrected chi connectivity index (χ0v) is 14.2. The summed E-state index contributed by atoms with van der Waals surface area (Å²) in [6.07, 6.45) is 5.89. The summed E-state index contributed by atoms with van der Waals surface area (Å²) in [6.45, 7) is 11.0. The third-order valence-corrected chi connectivity index (χ3v) is 4.93. The van der Waals surface area contributed by atoms with Crippen LogP contribution in [0.15, 0.2) is 18.2 Å². The summed E-state index contributed by atoms with van der Waals surface area (Å²) in [7, 11) is 0. The van der Waals surface area contributed by atoms with Crippen LogP contribution >= 0.6 is 0 Å². The number of rotatable bonds is 6. The molecule has 2 rings (SSSR count). The third kappa shape index (κ3) is 4.08. The maximum atomic E-state index is 6.21. The van der Waals surface area contributed by atoms with Crippen LogP contribution < -0.4 is 5.32 Å². The topological polar surface area (TPSA) is 21.3 Å². The van der Waals surface area contributed by atoms with Crippen LogP contribution in [0.25, 0.3) is 0 Å². The Labute approximate surface area is 130 Å². The van der Waals surface area contributed by atoms with E-state index in [1.54, 1.807) is 0 Å². The van der Waals surface area contributed by atoms with Gasteiger partial charge in [0.1, 0.15) is 0 Å². The monoisotopic (exact) mass is 289 g/mol. The van der Waals surface area contributed by atoms with E-state index in [1.165, 1.54) is 42.4 Å². The lowest BCUT2D eigenvalue weighted by Crippen LogP contribution is -2.53. The first kappa shape index (κ1) is 16.5. The van der Waals surface area contributed by atoms with Crippen LogP contribution in [-0.4, -0.2) is 24.8 Å². The Balaban J connectivity index is 2.19. The second-order valence-corrected chi connectivity index (χ2v) is 6.70. The fourth-order valence-corrected chi connectivity index (χ4v) is 3.43. The standard InChI is InChI=1S/C19H31NO/c1-5-12-20-18(19(4)11-6-7-13-21-19)14-17-15(2)9-8-10-16(17)3/h8-10,18,20H,5-7,11-14H2,1-4H3. The highest BCUT2D eigenvalue weighted by molar-refractivity contribution is 5.34. The van der Waals surface area contributed by atoms with E-state index in [2.05, 4.69) is 51.2 Å². The van der Waals surface area contributed by atoms with E-state index in [4.69, 9.17) is 4.74 Å². The van der Waals surface area contributed by atoms with Crippen molar-refractivity contribution in [1.82, 2.24) is 5.32 Å². The minimum atomic E-state index is -0.0257. The molecule has 0 aliphatic carbocycles. The predicted molar refractivity (Wildman–Crippen MR) is 89.9 cm³/mol. The molecule has 1 saturated heterocycles. The Morgan fingerprint density at radius 2 is 1.95 bits per heavy atom. The van der Waals surface area contributed by atoms with Crippen LogP contribution in [0.3, 0.4) is 0 Å². The lowest BCUT2D eigenvalue weighted by atomic mass is 9.83. The predicted octanol–water partition coefficient (Wildman–Crippen LogP) is 4.17. The highest BCUT2D eigenvalue weighted by atomic mass is 16.5. The molecule has 1 fully saturated rings. The molecule has 1 heterocycles. The Morgan fingerprint density at radius 1 is 1.24 bits per heavy atom. The average Bonchev–Trinajstić information content (AvgIpc) is 2.46. The second kappa shape index (κ2) is 7.42. The number of hydrogen-bond acceptors (Lipinski definition) is 2. The minimum Gasteiger partial charge on any atom is -0.374 e. The van der Waals surface area contributed by atoms with Gasteiger partial charge in [-0.3, -0.25) is 0 Å². The van der Waals surface area contributed by atoms with Gasteiger partial charge in [-0.1, -0.05) is 25.1 Å². The molecule has 2 atom stereocenters. The van der Waals surface area contributed by atoms with Crippen LogP contribution in [-0.2, 0) is 11.2 Å². The molecule has 0 radical (unpaired) electrons. The molecule has 118 valence electrons. The van der Waals surface area contributed by atoms with Crippen LogP contribution in [0.2, 0.25) is 0 Å². The number of hydrogen-bond donors (Lipinski definition) is 1. The molecule has 0 aromatic heterocycles. The van der Waals surface area contributed by atoms with Gasteiger partial charge in [0.25, 0.3) is 0 Å². The van der Waals surface area contributed by atoms with Gasteiger partial charge in [-0.25, -0.2) is 0 Å². The Bertz CT molecular complexity index is 429. The van der Waals surface area contributed by atoms with Gasteiger partial charge in [0, 0.05) is 12.6 Å². The van der Waals surface area contributed by atoms with Gasteiger partial charge in [0.15, 0.2) is 0 Å². The van der Waals surface area contributed by atoms with Gasteiger partial charge in [-0.05, 0) is 76.1 Å². The fraction of sp³-hybridized carbons (Fsp3) is 0.684. The fourth-order valence-electron chi connectivity index (χ4n) is 3.43. The number of nitrogens with one attached hydrogen (secondary N) is 1. The Kier molecular flexibility index (Phi) is 5.83. The maximum Gasteiger partial charge on any atom is 0.0810 e. The average molecular weight is 289 g/mol. The number of ether oxygens (including phenoxy) is 1. The summed E-state index contributed by atoms with van der Waals surface area (Å²) in [6, 6.07) is 7.01.